The summed E-state index contributed by atoms with van der Waals surface area (Å²) in [5.74, 6) is 0. The van der Waals surface area contributed by atoms with E-state index in [0.29, 0.717) is 6.04 Å². The molecule has 2 heteroatoms. The van der Waals surface area contributed by atoms with Crippen LogP contribution in [0.15, 0.2) is 0 Å². The highest BCUT2D eigenvalue weighted by Crippen LogP contribution is 1.94. The average molecular weight is 144 g/mol. The molecule has 2 nitrogen and oxygen atoms in total. The molecule has 3 N–H and O–H groups in total. The lowest BCUT2D eigenvalue weighted by Gasteiger charge is -2.15. The van der Waals surface area contributed by atoms with Crippen LogP contribution in [0.1, 0.15) is 33.6 Å². The first-order chi connectivity index (χ1) is 4.70. The van der Waals surface area contributed by atoms with Crippen molar-refractivity contribution in [2.75, 3.05) is 6.54 Å². The van der Waals surface area contributed by atoms with Crippen LogP contribution in [0.4, 0.5) is 0 Å². The van der Waals surface area contributed by atoms with Gasteiger partial charge < -0.3 is 11.1 Å². The molecule has 0 saturated heterocycles. The molecule has 1 atom stereocenters. The standard InChI is InChI=1S/C8H20N2/c1-4-8(5-2)10-6-7(3)9/h7-8,10H,4-6,9H2,1-3H3. The minimum absolute atomic E-state index is 0.278. The molecule has 0 aromatic carbocycles. The first-order valence-corrected chi connectivity index (χ1v) is 4.19. The number of nitrogens with two attached hydrogens (primary N) is 1. The predicted octanol–water partition coefficient (Wildman–Crippen LogP) is 1.11. The van der Waals surface area contributed by atoms with Gasteiger partial charge in [0.05, 0.1) is 0 Å². The van der Waals surface area contributed by atoms with Crippen LogP contribution < -0.4 is 11.1 Å². The molecule has 0 fully saturated rings. The maximum absolute atomic E-state index is 5.59. The van der Waals surface area contributed by atoms with E-state index in [1.807, 2.05) is 6.92 Å². The average Bonchev–Trinajstić information content (AvgIpc) is 1.90. The van der Waals surface area contributed by atoms with Gasteiger partial charge >= 0.3 is 0 Å². The second-order valence-electron chi connectivity index (χ2n) is 2.90. The molecule has 10 heavy (non-hydrogen) atoms. The number of hydrogen-bond donors (Lipinski definition) is 2. The molecule has 62 valence electrons. The van der Waals surface area contributed by atoms with E-state index in [9.17, 15) is 0 Å². The first kappa shape index (κ1) is 9.92. The highest BCUT2D eigenvalue weighted by Gasteiger charge is 2.01. The molecule has 0 aliphatic rings. The second kappa shape index (κ2) is 5.69. The topological polar surface area (TPSA) is 38.0 Å². The summed E-state index contributed by atoms with van der Waals surface area (Å²) in [7, 11) is 0. The van der Waals surface area contributed by atoms with E-state index in [-0.39, 0.29) is 6.04 Å². The van der Waals surface area contributed by atoms with E-state index >= 15 is 0 Å². The third-order valence-corrected chi connectivity index (χ3v) is 1.71. The summed E-state index contributed by atoms with van der Waals surface area (Å²) in [5.41, 5.74) is 5.59. The fraction of sp³-hybridized carbons (Fsp3) is 1.00. The Morgan fingerprint density at radius 3 is 2.10 bits per heavy atom. The fourth-order valence-corrected chi connectivity index (χ4v) is 0.930. The van der Waals surface area contributed by atoms with Crippen LogP contribution in [0.3, 0.4) is 0 Å². The van der Waals surface area contributed by atoms with Gasteiger partial charge in [0.2, 0.25) is 0 Å². The zero-order valence-electron chi connectivity index (χ0n) is 7.35. The molecule has 0 amide bonds. The van der Waals surface area contributed by atoms with Crippen molar-refractivity contribution in [1.82, 2.24) is 5.32 Å². The lowest BCUT2D eigenvalue weighted by atomic mass is 10.1. The molecule has 0 bridgehead atoms. The predicted molar refractivity (Wildman–Crippen MR) is 46.0 cm³/mol. The molecular weight excluding hydrogens is 124 g/mol. The number of rotatable bonds is 5. The molecule has 0 aliphatic heterocycles. The Labute approximate surface area is 64.2 Å². The Bertz CT molecular complexity index is 67.7. The molecule has 0 aromatic rings. The van der Waals surface area contributed by atoms with Crippen LogP contribution in [0, 0.1) is 0 Å². The Balaban J connectivity index is 3.26. The Hall–Kier alpha value is -0.0800. The van der Waals surface area contributed by atoms with E-state index in [1.54, 1.807) is 0 Å². The van der Waals surface area contributed by atoms with Crippen molar-refractivity contribution in [1.29, 1.82) is 0 Å². The Morgan fingerprint density at radius 1 is 1.30 bits per heavy atom. The van der Waals surface area contributed by atoms with Crippen molar-refractivity contribution in [2.45, 2.75) is 45.7 Å². The van der Waals surface area contributed by atoms with Gasteiger partial charge in [-0.15, -0.1) is 0 Å². The molecule has 0 aliphatic carbocycles. The van der Waals surface area contributed by atoms with Crippen LogP contribution in [-0.2, 0) is 0 Å². The highest BCUT2D eigenvalue weighted by molar-refractivity contribution is 4.65. The minimum atomic E-state index is 0.278. The normalized spacial score (nSPS) is 14.1. The summed E-state index contributed by atoms with van der Waals surface area (Å²) in [4.78, 5) is 0. The van der Waals surface area contributed by atoms with Gasteiger partial charge in [0.15, 0.2) is 0 Å². The van der Waals surface area contributed by atoms with Gasteiger partial charge in [-0.25, -0.2) is 0 Å². The summed E-state index contributed by atoms with van der Waals surface area (Å²) in [6, 6.07) is 0.937. The van der Waals surface area contributed by atoms with Crippen LogP contribution >= 0.6 is 0 Å². The van der Waals surface area contributed by atoms with Crippen LogP contribution in [0.2, 0.25) is 0 Å². The van der Waals surface area contributed by atoms with Crippen molar-refractivity contribution in [3.05, 3.63) is 0 Å². The highest BCUT2D eigenvalue weighted by atomic mass is 14.9. The summed E-state index contributed by atoms with van der Waals surface area (Å²) in [5, 5.41) is 3.39. The monoisotopic (exact) mass is 144 g/mol. The van der Waals surface area contributed by atoms with E-state index in [4.69, 9.17) is 5.73 Å². The molecule has 1 unspecified atom stereocenters. The number of nitrogens with one attached hydrogen (secondary N) is 1. The summed E-state index contributed by atoms with van der Waals surface area (Å²) in [6.45, 7) is 7.35. The maximum atomic E-state index is 5.59. The van der Waals surface area contributed by atoms with Crippen LogP contribution in [0.5, 0.6) is 0 Å². The number of hydrogen-bond acceptors (Lipinski definition) is 2. The van der Waals surface area contributed by atoms with Crippen molar-refractivity contribution >= 4 is 0 Å². The quantitative estimate of drug-likeness (QED) is 0.606. The maximum Gasteiger partial charge on any atom is 0.0136 e. The van der Waals surface area contributed by atoms with Crippen molar-refractivity contribution in [3.8, 4) is 0 Å². The van der Waals surface area contributed by atoms with Crippen LogP contribution in [0.25, 0.3) is 0 Å². The second-order valence-corrected chi connectivity index (χ2v) is 2.90. The third kappa shape index (κ3) is 4.77. The molecule has 0 saturated carbocycles. The molecule has 0 heterocycles. The van der Waals surface area contributed by atoms with Gasteiger partial charge in [-0.1, -0.05) is 13.8 Å². The molecule has 0 aromatic heterocycles. The summed E-state index contributed by atoms with van der Waals surface area (Å²) in [6.07, 6.45) is 2.40. The van der Waals surface area contributed by atoms with Gasteiger partial charge in [0.1, 0.15) is 0 Å². The van der Waals surface area contributed by atoms with Gasteiger partial charge in [-0.05, 0) is 19.8 Å². The van der Waals surface area contributed by atoms with E-state index in [2.05, 4.69) is 19.2 Å². The minimum Gasteiger partial charge on any atom is -0.327 e. The van der Waals surface area contributed by atoms with E-state index in [1.165, 1.54) is 12.8 Å². The van der Waals surface area contributed by atoms with Gasteiger partial charge in [0.25, 0.3) is 0 Å². The summed E-state index contributed by atoms with van der Waals surface area (Å²) >= 11 is 0. The fourth-order valence-electron chi connectivity index (χ4n) is 0.930. The van der Waals surface area contributed by atoms with Crippen molar-refractivity contribution in [3.63, 3.8) is 0 Å². The lowest BCUT2D eigenvalue weighted by molar-refractivity contribution is 0.466. The zero-order chi connectivity index (χ0) is 7.98. The first-order valence-electron chi connectivity index (χ1n) is 4.19. The largest absolute Gasteiger partial charge is 0.327 e. The van der Waals surface area contributed by atoms with Crippen molar-refractivity contribution < 1.29 is 0 Å². The van der Waals surface area contributed by atoms with E-state index in [0.717, 1.165) is 6.54 Å². The van der Waals surface area contributed by atoms with Crippen molar-refractivity contribution in [2.24, 2.45) is 5.73 Å². The van der Waals surface area contributed by atoms with E-state index < -0.39 is 0 Å². The smallest absolute Gasteiger partial charge is 0.0136 e. The third-order valence-electron chi connectivity index (χ3n) is 1.71. The Kier molecular flexibility index (Phi) is 5.64. The molecular formula is C8H20N2. The summed E-state index contributed by atoms with van der Waals surface area (Å²) < 4.78 is 0. The van der Waals surface area contributed by atoms with Gasteiger partial charge in [0, 0.05) is 18.6 Å². The van der Waals surface area contributed by atoms with Gasteiger partial charge in [-0.3, -0.25) is 0 Å². The zero-order valence-corrected chi connectivity index (χ0v) is 7.35. The Morgan fingerprint density at radius 2 is 1.80 bits per heavy atom. The molecule has 0 rings (SSSR count). The van der Waals surface area contributed by atoms with Crippen LogP contribution in [-0.4, -0.2) is 18.6 Å². The molecule has 0 spiro atoms. The lowest BCUT2D eigenvalue weighted by Crippen LogP contribution is -2.37. The SMILES string of the molecule is CCC(CC)NCC(C)N. The molecule has 0 radical (unpaired) electrons. The van der Waals surface area contributed by atoms with Gasteiger partial charge in [-0.2, -0.15) is 0 Å².